The smallest absolute Gasteiger partial charge is 0.126 e. The number of fused-ring (bicyclic) bond motifs is 1. The first kappa shape index (κ1) is 13.1. The Morgan fingerprint density at radius 3 is 3.05 bits per heavy atom. The van der Waals surface area contributed by atoms with E-state index in [2.05, 4.69) is 21.6 Å². The Kier molecular flexibility index (Phi) is 3.42. The molecule has 2 aromatic rings. The molecule has 0 fully saturated rings. The summed E-state index contributed by atoms with van der Waals surface area (Å²) in [5, 5.41) is 4.21. The number of hydrazine groups is 1. The van der Waals surface area contributed by atoms with Crippen LogP contribution in [0, 0.1) is 0 Å². The number of nitrogens with two attached hydrogens (primary N) is 2. The number of nitrogens with one attached hydrogen (secondary N) is 1. The molecule has 6 nitrogen and oxygen atoms in total. The number of nitrogens with zero attached hydrogens (tertiary/aromatic N) is 3. The van der Waals surface area contributed by atoms with Crippen molar-refractivity contribution in [3.05, 3.63) is 41.3 Å². The summed E-state index contributed by atoms with van der Waals surface area (Å²) in [5.74, 6) is 6.68. The molecule has 1 aliphatic carbocycles. The van der Waals surface area contributed by atoms with Gasteiger partial charge in [0.2, 0.25) is 0 Å². The van der Waals surface area contributed by atoms with Crippen LogP contribution < -0.4 is 17.0 Å². The van der Waals surface area contributed by atoms with Gasteiger partial charge in [-0.25, -0.2) is 0 Å². The Balaban J connectivity index is 2.01. The van der Waals surface area contributed by atoms with Crippen LogP contribution in [0.3, 0.4) is 0 Å². The highest BCUT2D eigenvalue weighted by Gasteiger charge is 2.31. The SMILES string of the molecule is Cn1ncc(C(NN)C2CCCc3cccnc32)c1N. The van der Waals surface area contributed by atoms with E-state index >= 15 is 0 Å². The summed E-state index contributed by atoms with van der Waals surface area (Å²) < 4.78 is 1.67. The molecule has 2 aromatic heterocycles. The van der Waals surface area contributed by atoms with Crippen LogP contribution in [-0.2, 0) is 13.5 Å². The van der Waals surface area contributed by atoms with E-state index < -0.39 is 0 Å². The molecule has 20 heavy (non-hydrogen) atoms. The minimum atomic E-state index is -0.0577. The number of aromatic nitrogens is 3. The number of hydrogen-bond acceptors (Lipinski definition) is 5. The topological polar surface area (TPSA) is 94.8 Å². The molecule has 0 amide bonds. The van der Waals surface area contributed by atoms with E-state index in [0.717, 1.165) is 30.5 Å². The normalized spacial score (nSPS) is 19.6. The quantitative estimate of drug-likeness (QED) is 0.573. The van der Waals surface area contributed by atoms with Gasteiger partial charge in [-0.1, -0.05) is 6.07 Å². The number of rotatable bonds is 3. The third-order valence-corrected chi connectivity index (χ3v) is 4.17. The Hall–Kier alpha value is -1.92. The summed E-state index contributed by atoms with van der Waals surface area (Å²) in [6.07, 6.45) is 6.91. The minimum absolute atomic E-state index is 0.0577. The molecule has 0 radical (unpaired) electrons. The molecule has 6 heteroatoms. The fraction of sp³-hybridized carbons (Fsp3) is 0.429. The van der Waals surface area contributed by atoms with Crippen LogP contribution in [-0.4, -0.2) is 14.8 Å². The van der Waals surface area contributed by atoms with Gasteiger partial charge in [0.05, 0.1) is 12.2 Å². The Morgan fingerprint density at radius 2 is 2.35 bits per heavy atom. The van der Waals surface area contributed by atoms with Crippen molar-refractivity contribution < 1.29 is 0 Å². The first-order valence-electron chi connectivity index (χ1n) is 6.89. The molecule has 5 N–H and O–H groups in total. The van der Waals surface area contributed by atoms with Crippen molar-refractivity contribution in [3.8, 4) is 0 Å². The van der Waals surface area contributed by atoms with E-state index in [9.17, 15) is 0 Å². The fourth-order valence-corrected chi connectivity index (χ4v) is 3.10. The van der Waals surface area contributed by atoms with Gasteiger partial charge in [0.25, 0.3) is 0 Å². The van der Waals surface area contributed by atoms with Gasteiger partial charge in [0, 0.05) is 30.4 Å². The van der Waals surface area contributed by atoms with Crippen LogP contribution in [0.2, 0.25) is 0 Å². The molecular weight excluding hydrogens is 252 g/mol. The summed E-state index contributed by atoms with van der Waals surface area (Å²) in [6.45, 7) is 0. The molecule has 0 spiro atoms. The zero-order valence-corrected chi connectivity index (χ0v) is 11.6. The first-order valence-corrected chi connectivity index (χ1v) is 6.89. The molecule has 0 aromatic carbocycles. The predicted molar refractivity (Wildman–Crippen MR) is 77.6 cm³/mol. The van der Waals surface area contributed by atoms with Crippen molar-refractivity contribution >= 4 is 5.82 Å². The molecule has 106 valence electrons. The van der Waals surface area contributed by atoms with E-state index in [1.807, 2.05) is 19.3 Å². The van der Waals surface area contributed by atoms with Crippen LogP contribution >= 0.6 is 0 Å². The van der Waals surface area contributed by atoms with E-state index in [1.54, 1.807) is 10.9 Å². The van der Waals surface area contributed by atoms with Gasteiger partial charge in [-0.3, -0.25) is 20.9 Å². The van der Waals surface area contributed by atoms with Crippen LogP contribution in [0.15, 0.2) is 24.5 Å². The van der Waals surface area contributed by atoms with Crippen molar-refractivity contribution in [2.24, 2.45) is 12.9 Å². The maximum Gasteiger partial charge on any atom is 0.126 e. The van der Waals surface area contributed by atoms with Crippen LogP contribution in [0.1, 0.15) is 41.6 Å². The second-order valence-electron chi connectivity index (χ2n) is 5.30. The third-order valence-electron chi connectivity index (χ3n) is 4.17. The number of anilines is 1. The standard InChI is InChI=1S/C14H20N6/c1-20-14(15)11(8-18-20)13(19-16)10-6-2-4-9-5-3-7-17-12(9)10/h3,5,7-8,10,13,19H,2,4,6,15-16H2,1H3. The van der Waals surface area contributed by atoms with Gasteiger partial charge in [-0.2, -0.15) is 5.10 Å². The highest BCUT2D eigenvalue weighted by atomic mass is 15.3. The third kappa shape index (κ3) is 2.07. The van der Waals surface area contributed by atoms with Crippen molar-refractivity contribution in [1.29, 1.82) is 0 Å². The average Bonchev–Trinajstić information content (AvgIpc) is 2.81. The van der Waals surface area contributed by atoms with E-state index in [-0.39, 0.29) is 12.0 Å². The van der Waals surface area contributed by atoms with E-state index in [1.165, 1.54) is 5.56 Å². The van der Waals surface area contributed by atoms with Gasteiger partial charge in [0.15, 0.2) is 0 Å². The molecule has 2 unspecified atom stereocenters. The lowest BCUT2D eigenvalue weighted by Gasteiger charge is -2.30. The zero-order chi connectivity index (χ0) is 14.1. The number of aryl methyl sites for hydroxylation is 2. The summed E-state index contributed by atoms with van der Waals surface area (Å²) in [5.41, 5.74) is 12.4. The second-order valence-corrected chi connectivity index (χ2v) is 5.30. The molecule has 3 rings (SSSR count). The average molecular weight is 272 g/mol. The van der Waals surface area contributed by atoms with Crippen LogP contribution in [0.25, 0.3) is 0 Å². The van der Waals surface area contributed by atoms with Gasteiger partial charge in [-0.15, -0.1) is 0 Å². The molecule has 0 saturated carbocycles. The maximum absolute atomic E-state index is 6.09. The number of pyridine rings is 1. The van der Waals surface area contributed by atoms with Gasteiger partial charge in [-0.05, 0) is 30.9 Å². The molecular formula is C14H20N6. The summed E-state index contributed by atoms with van der Waals surface area (Å²) in [6, 6.07) is 4.08. The van der Waals surface area contributed by atoms with Crippen LogP contribution in [0.4, 0.5) is 5.82 Å². The Labute approximate surface area is 118 Å². The lowest BCUT2D eigenvalue weighted by molar-refractivity contribution is 0.400. The number of nitrogen functional groups attached to an aromatic ring is 1. The molecule has 1 aliphatic rings. The van der Waals surface area contributed by atoms with Crippen molar-refractivity contribution in [2.45, 2.75) is 31.2 Å². The molecule has 2 atom stereocenters. The van der Waals surface area contributed by atoms with Crippen LogP contribution in [0.5, 0.6) is 0 Å². The van der Waals surface area contributed by atoms with Gasteiger partial charge in [0.1, 0.15) is 5.82 Å². The lowest BCUT2D eigenvalue weighted by atomic mass is 9.80. The van der Waals surface area contributed by atoms with Gasteiger partial charge < -0.3 is 5.73 Å². The highest BCUT2D eigenvalue weighted by Crippen LogP contribution is 2.40. The lowest BCUT2D eigenvalue weighted by Crippen LogP contribution is -2.34. The minimum Gasteiger partial charge on any atom is -0.384 e. The first-order chi connectivity index (χ1) is 9.72. The van der Waals surface area contributed by atoms with E-state index in [0.29, 0.717) is 5.82 Å². The summed E-state index contributed by atoms with van der Waals surface area (Å²) in [7, 11) is 1.83. The zero-order valence-electron chi connectivity index (χ0n) is 11.6. The molecule has 0 bridgehead atoms. The van der Waals surface area contributed by atoms with Crippen molar-refractivity contribution in [3.63, 3.8) is 0 Å². The summed E-state index contributed by atoms with van der Waals surface area (Å²) in [4.78, 5) is 4.57. The maximum atomic E-state index is 6.09. The highest BCUT2D eigenvalue weighted by molar-refractivity contribution is 5.43. The van der Waals surface area contributed by atoms with Crippen molar-refractivity contribution in [1.82, 2.24) is 20.2 Å². The largest absolute Gasteiger partial charge is 0.384 e. The summed E-state index contributed by atoms with van der Waals surface area (Å²) >= 11 is 0. The molecule has 0 saturated heterocycles. The Bertz CT molecular complexity index is 605. The molecule has 0 aliphatic heterocycles. The monoisotopic (exact) mass is 272 g/mol. The fourth-order valence-electron chi connectivity index (χ4n) is 3.10. The second kappa shape index (κ2) is 5.22. The van der Waals surface area contributed by atoms with E-state index in [4.69, 9.17) is 11.6 Å². The van der Waals surface area contributed by atoms with Crippen molar-refractivity contribution in [2.75, 3.05) is 5.73 Å². The number of hydrogen-bond donors (Lipinski definition) is 3. The predicted octanol–water partition coefficient (Wildman–Crippen LogP) is 1.02. The molecule has 2 heterocycles. The Morgan fingerprint density at radius 1 is 1.50 bits per heavy atom. The van der Waals surface area contributed by atoms with Gasteiger partial charge >= 0.3 is 0 Å².